The molecular formula is C5H11B2NO7. The SMILES string of the molecule is BC1(O)OC(O)(O)C2(O)BOC1(O)N2C. The summed E-state index contributed by atoms with van der Waals surface area (Å²) in [4.78, 5) is 0.698. The molecule has 0 radical (unpaired) electrons. The first kappa shape index (κ1) is 11.3. The molecule has 3 unspecified atom stereocenters. The first-order valence-corrected chi connectivity index (χ1v) is 4.27. The maximum Gasteiger partial charge on any atom is 0.343 e. The van der Waals surface area contributed by atoms with Crippen LogP contribution in [0.3, 0.4) is 0 Å². The molecule has 2 aliphatic heterocycles. The van der Waals surface area contributed by atoms with Gasteiger partial charge in [-0.15, -0.1) is 0 Å². The molecule has 0 saturated carbocycles. The fraction of sp³-hybridized carbons (Fsp3) is 1.00. The van der Waals surface area contributed by atoms with Gasteiger partial charge in [-0.05, 0) is 7.05 Å². The number of fused-ring (bicyclic) bond motifs is 2. The number of hydrogen-bond donors (Lipinski definition) is 5. The molecule has 5 N–H and O–H groups in total. The Labute approximate surface area is 86.3 Å². The number of likely N-dealkylation sites (N-methyl/N-ethyl adjacent to an activating group) is 1. The number of aliphatic hydroxyl groups is 5. The van der Waals surface area contributed by atoms with Gasteiger partial charge in [-0.1, -0.05) is 0 Å². The van der Waals surface area contributed by atoms with Crippen LogP contribution in [0, 0.1) is 0 Å². The van der Waals surface area contributed by atoms with Crippen molar-refractivity contribution in [1.82, 2.24) is 4.90 Å². The Kier molecular flexibility index (Phi) is 1.92. The van der Waals surface area contributed by atoms with Crippen LogP contribution in [0.2, 0.25) is 0 Å². The summed E-state index contributed by atoms with van der Waals surface area (Å²) >= 11 is 0. The summed E-state index contributed by atoms with van der Waals surface area (Å²) < 4.78 is 9.19. The van der Waals surface area contributed by atoms with Crippen molar-refractivity contribution < 1.29 is 34.9 Å². The Morgan fingerprint density at radius 1 is 1.20 bits per heavy atom. The Bertz CT molecular complexity index is 284. The van der Waals surface area contributed by atoms with Crippen LogP contribution in [-0.2, 0) is 9.39 Å². The number of rotatable bonds is 0. The van der Waals surface area contributed by atoms with Crippen molar-refractivity contribution in [2.24, 2.45) is 0 Å². The third kappa shape index (κ3) is 1.05. The molecule has 2 rings (SSSR count). The van der Waals surface area contributed by atoms with E-state index in [9.17, 15) is 25.5 Å². The van der Waals surface area contributed by atoms with Crippen molar-refractivity contribution >= 4 is 15.3 Å². The van der Waals surface area contributed by atoms with Crippen molar-refractivity contribution in [2.45, 2.75) is 23.2 Å². The van der Waals surface area contributed by atoms with Gasteiger partial charge in [-0.3, -0.25) is 4.74 Å². The van der Waals surface area contributed by atoms with E-state index in [-0.39, 0.29) is 0 Å². The average molecular weight is 219 g/mol. The number of nitrogens with zero attached hydrogens (tertiary/aromatic N) is 1. The van der Waals surface area contributed by atoms with E-state index in [0.29, 0.717) is 4.90 Å². The van der Waals surface area contributed by atoms with E-state index < -0.39 is 30.7 Å². The minimum absolute atomic E-state index is 0.622. The second kappa shape index (κ2) is 2.55. The van der Waals surface area contributed by atoms with Gasteiger partial charge in [-0.25, -0.2) is 4.90 Å². The first-order valence-electron chi connectivity index (χ1n) is 4.27. The highest BCUT2D eigenvalue weighted by atomic mass is 16.9. The molecule has 2 fully saturated rings. The van der Waals surface area contributed by atoms with E-state index >= 15 is 0 Å². The van der Waals surface area contributed by atoms with E-state index in [1.54, 1.807) is 0 Å². The van der Waals surface area contributed by atoms with E-state index in [1.807, 2.05) is 0 Å². The lowest BCUT2D eigenvalue weighted by Gasteiger charge is -2.53. The van der Waals surface area contributed by atoms with Gasteiger partial charge in [0.15, 0.2) is 13.5 Å². The minimum Gasteiger partial charge on any atom is -0.393 e. The standard InChI is InChI=1S/C5H11B2NO7/c1-8-3(10)5(12,13)14-2(6,9)4(8,11)15-7-3/h7,9-13H,6H2,1H3. The molecule has 84 valence electrons. The fourth-order valence-corrected chi connectivity index (χ4v) is 1.83. The number of morpholine rings is 1. The van der Waals surface area contributed by atoms with Crippen molar-refractivity contribution in [2.75, 3.05) is 7.05 Å². The van der Waals surface area contributed by atoms with E-state index in [2.05, 4.69) is 4.74 Å². The van der Waals surface area contributed by atoms with Crippen LogP contribution in [0.1, 0.15) is 0 Å². The third-order valence-electron chi connectivity index (χ3n) is 2.95. The Morgan fingerprint density at radius 3 is 2.27 bits per heavy atom. The molecule has 0 aromatic carbocycles. The second-order valence-corrected chi connectivity index (χ2v) is 3.97. The molecule has 2 heterocycles. The van der Waals surface area contributed by atoms with Crippen molar-refractivity contribution in [3.8, 4) is 0 Å². The molecule has 2 aliphatic rings. The monoisotopic (exact) mass is 219 g/mol. The minimum atomic E-state index is -3.05. The third-order valence-corrected chi connectivity index (χ3v) is 2.95. The predicted octanol–water partition coefficient (Wildman–Crippen LogP) is -5.46. The molecule has 0 spiro atoms. The van der Waals surface area contributed by atoms with Gasteiger partial charge < -0.3 is 30.2 Å². The fourth-order valence-electron chi connectivity index (χ4n) is 1.83. The van der Waals surface area contributed by atoms with Crippen molar-refractivity contribution in [3.63, 3.8) is 0 Å². The Balaban J connectivity index is 2.53. The molecular weight excluding hydrogens is 208 g/mol. The average Bonchev–Trinajstić information content (AvgIpc) is 2.27. The van der Waals surface area contributed by atoms with Gasteiger partial charge in [0.25, 0.3) is 5.91 Å². The van der Waals surface area contributed by atoms with Crippen LogP contribution >= 0.6 is 0 Å². The Morgan fingerprint density at radius 2 is 1.73 bits per heavy atom. The molecule has 0 aromatic heterocycles. The topological polar surface area (TPSA) is 123 Å². The molecule has 2 saturated heterocycles. The van der Waals surface area contributed by atoms with Gasteiger partial charge in [-0.2, -0.15) is 0 Å². The predicted molar refractivity (Wildman–Crippen MR) is 47.6 cm³/mol. The van der Waals surface area contributed by atoms with E-state index in [0.717, 1.165) is 14.9 Å². The zero-order chi connectivity index (χ0) is 11.7. The molecule has 3 atom stereocenters. The van der Waals surface area contributed by atoms with Crippen LogP contribution in [0.15, 0.2) is 0 Å². The Hall–Kier alpha value is -0.190. The summed E-state index contributed by atoms with van der Waals surface area (Å²) in [5, 5.41) is 48.2. The van der Waals surface area contributed by atoms with E-state index in [4.69, 9.17) is 4.65 Å². The number of hydrogen-bond acceptors (Lipinski definition) is 8. The zero-order valence-electron chi connectivity index (χ0n) is 8.21. The van der Waals surface area contributed by atoms with E-state index in [1.165, 1.54) is 0 Å². The van der Waals surface area contributed by atoms with Crippen molar-refractivity contribution in [3.05, 3.63) is 0 Å². The molecule has 0 amide bonds. The maximum atomic E-state index is 9.86. The maximum absolute atomic E-state index is 9.86. The molecule has 8 nitrogen and oxygen atoms in total. The smallest absolute Gasteiger partial charge is 0.343 e. The second-order valence-electron chi connectivity index (χ2n) is 3.97. The van der Waals surface area contributed by atoms with Crippen LogP contribution in [0.4, 0.5) is 0 Å². The highest BCUT2D eigenvalue weighted by Gasteiger charge is 2.76. The summed E-state index contributed by atoms with van der Waals surface area (Å²) in [5.41, 5.74) is -4.74. The number of ether oxygens (including phenoxy) is 1. The van der Waals surface area contributed by atoms with Crippen LogP contribution in [-0.4, -0.2) is 76.0 Å². The highest BCUT2D eigenvalue weighted by Crippen LogP contribution is 2.47. The van der Waals surface area contributed by atoms with Gasteiger partial charge in [0.2, 0.25) is 5.62 Å². The molecule has 15 heavy (non-hydrogen) atoms. The lowest BCUT2D eigenvalue weighted by atomic mass is 9.79. The quantitative estimate of drug-likeness (QED) is 0.202. The summed E-state index contributed by atoms with van der Waals surface area (Å²) in [6.45, 7) is 0. The summed E-state index contributed by atoms with van der Waals surface area (Å²) in [5.74, 6) is -5.38. The van der Waals surface area contributed by atoms with Crippen LogP contribution in [0.5, 0.6) is 0 Å². The van der Waals surface area contributed by atoms with Gasteiger partial charge >= 0.3 is 13.5 Å². The molecule has 10 heteroatoms. The van der Waals surface area contributed by atoms with Crippen LogP contribution in [0.25, 0.3) is 0 Å². The van der Waals surface area contributed by atoms with Crippen molar-refractivity contribution in [1.29, 1.82) is 0 Å². The zero-order valence-corrected chi connectivity index (χ0v) is 8.21. The molecule has 0 aromatic rings. The summed E-state index contributed by atoms with van der Waals surface area (Å²) in [6, 6.07) is 0. The summed E-state index contributed by atoms with van der Waals surface area (Å²) in [7, 11) is 1.52. The summed E-state index contributed by atoms with van der Waals surface area (Å²) in [6.07, 6.45) is 0. The molecule has 0 aliphatic carbocycles. The lowest BCUT2D eigenvalue weighted by molar-refractivity contribution is -0.534. The normalized spacial score (nSPS) is 54.0. The molecule has 2 bridgehead atoms. The first-order chi connectivity index (χ1) is 6.57. The van der Waals surface area contributed by atoms with Gasteiger partial charge in [0.1, 0.15) is 0 Å². The van der Waals surface area contributed by atoms with Gasteiger partial charge in [0, 0.05) is 0 Å². The van der Waals surface area contributed by atoms with Gasteiger partial charge in [0.05, 0.1) is 0 Å². The lowest BCUT2D eigenvalue weighted by Crippen LogP contribution is -2.79. The largest absolute Gasteiger partial charge is 0.393 e. The highest BCUT2D eigenvalue weighted by molar-refractivity contribution is 6.33. The van der Waals surface area contributed by atoms with Crippen LogP contribution < -0.4 is 0 Å².